The highest BCUT2D eigenvalue weighted by atomic mass is 16.5. The fraction of sp³-hybridized carbons (Fsp3) is 0.381. The minimum atomic E-state index is -0.0956. The molecule has 1 atom stereocenters. The molecule has 1 aliphatic rings. The van der Waals surface area contributed by atoms with Crippen molar-refractivity contribution in [2.24, 2.45) is 0 Å². The Bertz CT molecular complexity index is 706. The molecule has 1 saturated heterocycles. The summed E-state index contributed by atoms with van der Waals surface area (Å²) in [6.07, 6.45) is 3.54. The molecule has 0 saturated carbocycles. The molecule has 1 heterocycles. The molecule has 0 bridgehead atoms. The van der Waals surface area contributed by atoms with Crippen LogP contribution in [0.15, 0.2) is 48.5 Å². The van der Waals surface area contributed by atoms with E-state index >= 15 is 0 Å². The van der Waals surface area contributed by atoms with Crippen molar-refractivity contribution >= 4 is 17.3 Å². The second-order valence-electron chi connectivity index (χ2n) is 6.53. The average molecular weight is 338 g/mol. The molecule has 0 spiro atoms. The van der Waals surface area contributed by atoms with Gasteiger partial charge in [-0.2, -0.15) is 0 Å². The van der Waals surface area contributed by atoms with E-state index in [4.69, 9.17) is 4.74 Å². The van der Waals surface area contributed by atoms with Crippen molar-refractivity contribution in [2.75, 3.05) is 23.3 Å². The van der Waals surface area contributed by atoms with Gasteiger partial charge in [-0.3, -0.25) is 4.79 Å². The number of hydrogen-bond donors (Lipinski definition) is 1. The normalized spacial score (nSPS) is 15.0. The minimum Gasteiger partial charge on any atom is -0.491 e. The SMILES string of the molecule is CCC(C)Oc1ccc(C(=O)Nc2ccccc2N2CCCC2)cc1. The van der Waals surface area contributed by atoms with Gasteiger partial charge in [0.25, 0.3) is 5.91 Å². The molecule has 1 amide bonds. The summed E-state index contributed by atoms with van der Waals surface area (Å²) in [4.78, 5) is 14.9. The maximum atomic E-state index is 12.6. The van der Waals surface area contributed by atoms with Crippen LogP contribution in [0.2, 0.25) is 0 Å². The van der Waals surface area contributed by atoms with Gasteiger partial charge in [0.15, 0.2) is 0 Å². The largest absolute Gasteiger partial charge is 0.491 e. The molecular weight excluding hydrogens is 312 g/mol. The van der Waals surface area contributed by atoms with Crippen molar-refractivity contribution < 1.29 is 9.53 Å². The number of ether oxygens (including phenoxy) is 1. The first-order valence-corrected chi connectivity index (χ1v) is 9.09. The number of nitrogens with zero attached hydrogens (tertiary/aromatic N) is 1. The summed E-state index contributed by atoms with van der Waals surface area (Å²) < 4.78 is 5.76. The number of para-hydroxylation sites is 2. The van der Waals surface area contributed by atoms with E-state index in [1.807, 2.05) is 49.4 Å². The monoisotopic (exact) mass is 338 g/mol. The highest BCUT2D eigenvalue weighted by Crippen LogP contribution is 2.29. The van der Waals surface area contributed by atoms with Crippen LogP contribution in [0, 0.1) is 0 Å². The van der Waals surface area contributed by atoms with Crippen LogP contribution in [-0.4, -0.2) is 25.1 Å². The summed E-state index contributed by atoms with van der Waals surface area (Å²) in [6, 6.07) is 15.3. The van der Waals surface area contributed by atoms with Gasteiger partial charge >= 0.3 is 0 Å². The number of rotatable bonds is 6. The van der Waals surface area contributed by atoms with Gasteiger partial charge in [-0.05, 0) is 62.6 Å². The summed E-state index contributed by atoms with van der Waals surface area (Å²) in [5, 5.41) is 3.05. The van der Waals surface area contributed by atoms with E-state index in [-0.39, 0.29) is 12.0 Å². The average Bonchev–Trinajstić information content (AvgIpc) is 3.17. The quantitative estimate of drug-likeness (QED) is 0.829. The number of carbonyl (C=O) groups excluding carboxylic acids is 1. The van der Waals surface area contributed by atoms with Crippen LogP contribution in [-0.2, 0) is 0 Å². The van der Waals surface area contributed by atoms with Crippen molar-refractivity contribution in [2.45, 2.75) is 39.2 Å². The summed E-state index contributed by atoms with van der Waals surface area (Å²) in [5.41, 5.74) is 2.60. The first-order valence-electron chi connectivity index (χ1n) is 9.09. The highest BCUT2D eigenvalue weighted by molar-refractivity contribution is 6.06. The minimum absolute atomic E-state index is 0.0956. The molecule has 1 unspecified atom stereocenters. The Hall–Kier alpha value is -2.49. The van der Waals surface area contributed by atoms with Gasteiger partial charge < -0.3 is 15.0 Å². The third-order valence-electron chi connectivity index (χ3n) is 4.63. The van der Waals surface area contributed by atoms with Crippen LogP contribution in [0.1, 0.15) is 43.5 Å². The van der Waals surface area contributed by atoms with Crippen LogP contribution >= 0.6 is 0 Å². The van der Waals surface area contributed by atoms with Gasteiger partial charge in [0.2, 0.25) is 0 Å². The summed E-state index contributed by atoms with van der Waals surface area (Å²) in [5.74, 6) is 0.699. The van der Waals surface area contributed by atoms with Crippen molar-refractivity contribution in [1.29, 1.82) is 0 Å². The van der Waals surface area contributed by atoms with E-state index in [2.05, 4.69) is 23.2 Å². The number of carbonyl (C=O) groups is 1. The Kier molecular flexibility index (Phi) is 5.59. The topological polar surface area (TPSA) is 41.6 Å². The zero-order chi connectivity index (χ0) is 17.6. The number of amides is 1. The first-order chi connectivity index (χ1) is 12.2. The van der Waals surface area contributed by atoms with Gasteiger partial charge in [0, 0.05) is 18.7 Å². The van der Waals surface area contributed by atoms with Crippen molar-refractivity contribution in [1.82, 2.24) is 0 Å². The molecule has 2 aromatic carbocycles. The van der Waals surface area contributed by atoms with Gasteiger partial charge in [-0.15, -0.1) is 0 Å². The molecule has 132 valence electrons. The van der Waals surface area contributed by atoms with Gasteiger partial charge in [-0.25, -0.2) is 0 Å². The van der Waals surface area contributed by atoms with Crippen LogP contribution in [0.5, 0.6) is 5.75 Å². The molecular formula is C21H26N2O2. The molecule has 4 nitrogen and oxygen atoms in total. The molecule has 2 aromatic rings. The lowest BCUT2D eigenvalue weighted by atomic mass is 10.2. The molecule has 0 aromatic heterocycles. The summed E-state index contributed by atoms with van der Waals surface area (Å²) in [6.45, 7) is 6.23. The zero-order valence-electron chi connectivity index (χ0n) is 15.0. The Balaban J connectivity index is 1.70. The fourth-order valence-corrected chi connectivity index (χ4v) is 3.01. The third-order valence-corrected chi connectivity index (χ3v) is 4.63. The number of anilines is 2. The van der Waals surface area contributed by atoms with E-state index in [0.29, 0.717) is 5.56 Å². The number of hydrogen-bond acceptors (Lipinski definition) is 3. The predicted octanol–water partition coefficient (Wildman–Crippen LogP) is 4.72. The summed E-state index contributed by atoms with van der Waals surface area (Å²) in [7, 11) is 0. The molecule has 4 heteroatoms. The smallest absolute Gasteiger partial charge is 0.255 e. The second-order valence-corrected chi connectivity index (χ2v) is 6.53. The first kappa shape index (κ1) is 17.3. The lowest BCUT2D eigenvalue weighted by molar-refractivity contribution is 0.102. The predicted molar refractivity (Wildman–Crippen MR) is 103 cm³/mol. The van der Waals surface area contributed by atoms with E-state index in [0.717, 1.165) is 36.6 Å². The number of nitrogens with one attached hydrogen (secondary N) is 1. The maximum Gasteiger partial charge on any atom is 0.255 e. The number of benzene rings is 2. The Morgan fingerprint density at radius 3 is 2.48 bits per heavy atom. The standard InChI is InChI=1S/C21H26N2O2/c1-3-16(2)25-18-12-10-17(11-13-18)21(24)22-19-8-4-5-9-20(19)23-14-6-7-15-23/h4-5,8-13,16H,3,6-7,14-15H2,1-2H3,(H,22,24). The lowest BCUT2D eigenvalue weighted by Crippen LogP contribution is -2.21. The van der Waals surface area contributed by atoms with Crippen LogP contribution in [0.25, 0.3) is 0 Å². The van der Waals surface area contributed by atoms with E-state index in [1.54, 1.807) is 0 Å². The zero-order valence-corrected chi connectivity index (χ0v) is 15.0. The van der Waals surface area contributed by atoms with E-state index in [9.17, 15) is 4.79 Å². The van der Waals surface area contributed by atoms with Gasteiger partial charge in [0.05, 0.1) is 17.5 Å². The molecule has 1 N–H and O–H groups in total. The van der Waals surface area contributed by atoms with E-state index in [1.165, 1.54) is 12.8 Å². The molecule has 0 aliphatic carbocycles. The molecule has 1 aliphatic heterocycles. The summed E-state index contributed by atoms with van der Waals surface area (Å²) >= 11 is 0. The molecule has 25 heavy (non-hydrogen) atoms. The van der Waals surface area contributed by atoms with Gasteiger partial charge in [0.1, 0.15) is 5.75 Å². The lowest BCUT2D eigenvalue weighted by Gasteiger charge is -2.21. The van der Waals surface area contributed by atoms with Crippen LogP contribution in [0.3, 0.4) is 0 Å². The van der Waals surface area contributed by atoms with Crippen molar-refractivity contribution in [3.8, 4) is 5.75 Å². The van der Waals surface area contributed by atoms with Crippen LogP contribution < -0.4 is 15.0 Å². The third kappa shape index (κ3) is 4.32. The Morgan fingerprint density at radius 1 is 1.12 bits per heavy atom. The Labute approximate surface area is 149 Å². The van der Waals surface area contributed by atoms with Crippen molar-refractivity contribution in [3.05, 3.63) is 54.1 Å². The van der Waals surface area contributed by atoms with E-state index < -0.39 is 0 Å². The fourth-order valence-electron chi connectivity index (χ4n) is 3.01. The maximum absolute atomic E-state index is 12.6. The molecule has 3 rings (SSSR count). The Morgan fingerprint density at radius 2 is 1.80 bits per heavy atom. The second kappa shape index (κ2) is 8.06. The van der Waals surface area contributed by atoms with Crippen LogP contribution in [0.4, 0.5) is 11.4 Å². The van der Waals surface area contributed by atoms with Gasteiger partial charge in [-0.1, -0.05) is 19.1 Å². The van der Waals surface area contributed by atoms with Crippen molar-refractivity contribution in [3.63, 3.8) is 0 Å². The molecule has 0 radical (unpaired) electrons. The molecule has 1 fully saturated rings. The highest BCUT2D eigenvalue weighted by Gasteiger charge is 2.17.